The Morgan fingerprint density at radius 1 is 1.03 bits per heavy atom. The van der Waals surface area contributed by atoms with Gasteiger partial charge < -0.3 is 19.9 Å². The van der Waals surface area contributed by atoms with E-state index in [-0.39, 0.29) is 11.9 Å². The van der Waals surface area contributed by atoms with Gasteiger partial charge in [0.15, 0.2) is 6.10 Å². The van der Waals surface area contributed by atoms with Crippen molar-refractivity contribution in [1.29, 1.82) is 0 Å². The Bertz CT molecular complexity index is 895. The molecular weight excluding hydrogens is 390 g/mol. The summed E-state index contributed by atoms with van der Waals surface area (Å²) in [5, 5.41) is 3.47. The van der Waals surface area contributed by atoms with Crippen molar-refractivity contribution >= 4 is 29.2 Å². The Balaban J connectivity index is 1.50. The number of piperazine rings is 1. The molecular formula is C22H26ClN3O3. The van der Waals surface area contributed by atoms with E-state index in [0.29, 0.717) is 42.6 Å². The number of carbonyl (C=O) groups is 2. The van der Waals surface area contributed by atoms with Gasteiger partial charge in [0.05, 0.1) is 0 Å². The highest BCUT2D eigenvalue weighted by Gasteiger charge is 2.28. The number of halogens is 1. The minimum absolute atomic E-state index is 0.0723. The lowest BCUT2D eigenvalue weighted by Crippen LogP contribution is -2.54. The fourth-order valence-corrected chi connectivity index (χ4v) is 3.38. The highest BCUT2D eigenvalue weighted by atomic mass is 35.5. The van der Waals surface area contributed by atoms with Gasteiger partial charge in [0.25, 0.3) is 5.91 Å². The Morgan fingerprint density at radius 2 is 1.72 bits per heavy atom. The van der Waals surface area contributed by atoms with Crippen LogP contribution in [-0.2, 0) is 4.79 Å². The Morgan fingerprint density at radius 3 is 2.38 bits per heavy atom. The van der Waals surface area contributed by atoms with Gasteiger partial charge in [0, 0.05) is 36.9 Å². The number of hydrogen-bond donors (Lipinski definition) is 1. The average molecular weight is 416 g/mol. The predicted molar refractivity (Wildman–Crippen MR) is 115 cm³/mol. The van der Waals surface area contributed by atoms with Gasteiger partial charge in [-0.25, -0.2) is 4.79 Å². The number of benzene rings is 2. The van der Waals surface area contributed by atoms with Crippen molar-refractivity contribution in [2.24, 2.45) is 0 Å². The third kappa shape index (κ3) is 5.41. The van der Waals surface area contributed by atoms with E-state index in [9.17, 15) is 9.59 Å². The first-order valence-electron chi connectivity index (χ1n) is 9.67. The molecule has 1 unspecified atom stereocenters. The molecule has 3 rings (SSSR count). The Kier molecular flexibility index (Phi) is 6.64. The minimum atomic E-state index is -0.577. The molecule has 2 aromatic rings. The number of hydrogen-bond acceptors (Lipinski definition) is 3. The van der Waals surface area contributed by atoms with E-state index in [4.69, 9.17) is 16.3 Å². The first kappa shape index (κ1) is 21.0. The number of nitrogens with one attached hydrogen (secondary N) is 1. The smallest absolute Gasteiger partial charge is 0.321 e. The number of carbonyl (C=O) groups excluding carboxylic acids is 2. The summed E-state index contributed by atoms with van der Waals surface area (Å²) in [5.74, 6) is 0.609. The number of nitrogens with zero attached hydrogens (tertiary/aromatic N) is 2. The monoisotopic (exact) mass is 415 g/mol. The molecule has 0 aliphatic carbocycles. The van der Waals surface area contributed by atoms with E-state index in [1.165, 1.54) is 0 Å². The Labute approximate surface area is 176 Å². The van der Waals surface area contributed by atoms with Crippen LogP contribution in [0.15, 0.2) is 42.5 Å². The van der Waals surface area contributed by atoms with E-state index in [2.05, 4.69) is 5.32 Å². The van der Waals surface area contributed by atoms with Crippen molar-refractivity contribution in [1.82, 2.24) is 9.80 Å². The number of anilines is 1. The van der Waals surface area contributed by atoms with Gasteiger partial charge in [-0.2, -0.15) is 0 Å². The van der Waals surface area contributed by atoms with Crippen molar-refractivity contribution < 1.29 is 14.3 Å². The van der Waals surface area contributed by atoms with Crippen LogP contribution in [0.5, 0.6) is 5.75 Å². The van der Waals surface area contributed by atoms with Crippen LogP contribution < -0.4 is 10.1 Å². The lowest BCUT2D eigenvalue weighted by Gasteiger charge is -2.35. The van der Waals surface area contributed by atoms with Gasteiger partial charge in [-0.15, -0.1) is 0 Å². The minimum Gasteiger partial charge on any atom is -0.481 e. The quantitative estimate of drug-likeness (QED) is 0.817. The summed E-state index contributed by atoms with van der Waals surface area (Å²) in [7, 11) is 0. The fraction of sp³-hybridized carbons (Fsp3) is 0.364. The molecule has 1 aliphatic rings. The molecule has 1 N–H and O–H groups in total. The van der Waals surface area contributed by atoms with Crippen molar-refractivity contribution in [3.8, 4) is 5.75 Å². The summed E-state index contributed by atoms with van der Waals surface area (Å²) >= 11 is 6.11. The van der Waals surface area contributed by atoms with E-state index in [1.807, 2.05) is 50.2 Å². The van der Waals surface area contributed by atoms with Gasteiger partial charge in [0.2, 0.25) is 0 Å². The van der Waals surface area contributed by atoms with Crippen molar-refractivity contribution in [2.45, 2.75) is 26.9 Å². The largest absolute Gasteiger partial charge is 0.481 e. The molecule has 6 nitrogen and oxygen atoms in total. The molecule has 154 valence electrons. The molecule has 2 aromatic carbocycles. The van der Waals surface area contributed by atoms with Crippen LogP contribution >= 0.6 is 11.6 Å². The molecule has 3 amide bonds. The normalized spacial score (nSPS) is 15.0. The number of urea groups is 1. The van der Waals surface area contributed by atoms with E-state index < -0.39 is 6.10 Å². The summed E-state index contributed by atoms with van der Waals surface area (Å²) in [5.41, 5.74) is 2.69. The van der Waals surface area contributed by atoms with Gasteiger partial charge in [-0.1, -0.05) is 29.8 Å². The maximum Gasteiger partial charge on any atom is 0.321 e. The summed E-state index contributed by atoms with van der Waals surface area (Å²) < 4.78 is 5.79. The summed E-state index contributed by atoms with van der Waals surface area (Å²) in [6.45, 7) is 7.53. The molecule has 1 fully saturated rings. The molecule has 0 spiro atoms. The fourth-order valence-electron chi connectivity index (χ4n) is 3.20. The summed E-state index contributed by atoms with van der Waals surface area (Å²) in [4.78, 5) is 28.6. The van der Waals surface area contributed by atoms with Gasteiger partial charge in [-0.3, -0.25) is 4.79 Å². The van der Waals surface area contributed by atoms with E-state index in [0.717, 1.165) is 11.1 Å². The van der Waals surface area contributed by atoms with Gasteiger partial charge in [0.1, 0.15) is 5.75 Å². The van der Waals surface area contributed by atoms with E-state index in [1.54, 1.807) is 22.8 Å². The first-order valence-corrected chi connectivity index (χ1v) is 10.1. The molecule has 1 saturated heterocycles. The second-order valence-electron chi connectivity index (χ2n) is 7.28. The Hall–Kier alpha value is -2.73. The van der Waals surface area contributed by atoms with Crippen LogP contribution in [0.2, 0.25) is 5.02 Å². The number of amides is 3. The molecule has 0 aromatic heterocycles. The lowest BCUT2D eigenvalue weighted by molar-refractivity contribution is -0.139. The molecule has 1 heterocycles. The molecule has 7 heteroatoms. The van der Waals surface area contributed by atoms with Gasteiger partial charge >= 0.3 is 6.03 Å². The first-order chi connectivity index (χ1) is 13.8. The average Bonchev–Trinajstić information content (AvgIpc) is 2.70. The molecule has 0 saturated carbocycles. The number of aryl methyl sites for hydroxylation is 2. The second kappa shape index (κ2) is 9.18. The maximum absolute atomic E-state index is 12.7. The van der Waals surface area contributed by atoms with Crippen LogP contribution in [0.4, 0.5) is 10.5 Å². The third-order valence-electron chi connectivity index (χ3n) is 4.95. The zero-order valence-corrected chi connectivity index (χ0v) is 17.7. The number of ether oxygens (including phenoxy) is 1. The van der Waals surface area contributed by atoms with Crippen molar-refractivity contribution in [2.75, 3.05) is 31.5 Å². The van der Waals surface area contributed by atoms with E-state index >= 15 is 0 Å². The molecule has 1 atom stereocenters. The lowest BCUT2D eigenvalue weighted by atomic mass is 10.2. The zero-order chi connectivity index (χ0) is 21.0. The van der Waals surface area contributed by atoms with Crippen molar-refractivity contribution in [3.05, 3.63) is 58.6 Å². The zero-order valence-electron chi connectivity index (χ0n) is 16.9. The topological polar surface area (TPSA) is 61.9 Å². The SMILES string of the molecule is Cc1cccc(OC(C)C(=O)N2CCN(C(=O)Nc3ccc(C)c(Cl)c3)CC2)c1. The molecule has 0 bridgehead atoms. The van der Waals surface area contributed by atoms with Crippen molar-refractivity contribution in [3.63, 3.8) is 0 Å². The molecule has 1 aliphatic heterocycles. The number of rotatable bonds is 4. The van der Waals surface area contributed by atoms with Crippen LogP contribution in [0, 0.1) is 13.8 Å². The van der Waals surface area contributed by atoms with Gasteiger partial charge in [-0.05, 0) is 56.2 Å². The predicted octanol–water partition coefficient (Wildman–Crippen LogP) is 4.10. The standard InChI is InChI=1S/C22H26ClN3O3/c1-15-5-4-6-19(13-15)29-17(3)21(27)25-9-11-26(12-10-25)22(28)24-18-8-7-16(2)20(23)14-18/h4-8,13-14,17H,9-12H2,1-3H3,(H,24,28). The van der Waals surface area contributed by atoms with Crippen LogP contribution in [-0.4, -0.2) is 54.0 Å². The van der Waals surface area contributed by atoms with Crippen LogP contribution in [0.1, 0.15) is 18.1 Å². The van der Waals surface area contributed by atoms with Crippen LogP contribution in [0.25, 0.3) is 0 Å². The molecule has 0 radical (unpaired) electrons. The summed E-state index contributed by atoms with van der Waals surface area (Å²) in [6.07, 6.45) is -0.577. The highest BCUT2D eigenvalue weighted by molar-refractivity contribution is 6.31. The van der Waals surface area contributed by atoms with Crippen LogP contribution in [0.3, 0.4) is 0 Å². The molecule has 29 heavy (non-hydrogen) atoms. The third-order valence-corrected chi connectivity index (χ3v) is 5.36. The summed E-state index contributed by atoms with van der Waals surface area (Å²) in [6, 6.07) is 12.9. The maximum atomic E-state index is 12.7. The second-order valence-corrected chi connectivity index (χ2v) is 7.69. The highest BCUT2D eigenvalue weighted by Crippen LogP contribution is 2.20.